The first-order valence-corrected chi connectivity index (χ1v) is 9.15. The SMILES string of the molecule is COc1ccc(CNCCC=C(c2ccccc2)c2ccccc2)cc1O. The Balaban J connectivity index is 1.61. The van der Waals surface area contributed by atoms with Gasteiger partial charge in [0.05, 0.1) is 7.11 Å². The van der Waals surface area contributed by atoms with Crippen molar-refractivity contribution in [2.75, 3.05) is 13.7 Å². The zero-order valence-electron chi connectivity index (χ0n) is 15.6. The number of hydrogen-bond donors (Lipinski definition) is 2. The van der Waals surface area contributed by atoms with E-state index in [2.05, 4.69) is 59.9 Å². The van der Waals surface area contributed by atoms with Crippen molar-refractivity contribution in [2.24, 2.45) is 0 Å². The molecule has 3 heteroatoms. The van der Waals surface area contributed by atoms with E-state index < -0.39 is 0 Å². The standard InChI is InChI=1S/C24H25NO2/c1-27-24-15-14-19(17-23(24)26)18-25-16-8-13-22(20-9-4-2-5-10-20)21-11-6-3-7-12-21/h2-7,9-15,17,25-26H,8,16,18H2,1H3. The Labute approximate surface area is 161 Å². The molecule has 3 rings (SSSR count). The van der Waals surface area contributed by atoms with Gasteiger partial charge in [0.25, 0.3) is 0 Å². The Morgan fingerprint density at radius 2 is 1.56 bits per heavy atom. The van der Waals surface area contributed by atoms with Gasteiger partial charge in [-0.1, -0.05) is 72.8 Å². The third kappa shape index (κ3) is 5.22. The third-order valence-electron chi connectivity index (χ3n) is 4.41. The van der Waals surface area contributed by atoms with Crippen molar-refractivity contribution in [1.82, 2.24) is 5.32 Å². The van der Waals surface area contributed by atoms with Gasteiger partial charge in [-0.05, 0) is 47.4 Å². The van der Waals surface area contributed by atoms with Gasteiger partial charge in [-0.3, -0.25) is 0 Å². The van der Waals surface area contributed by atoms with Crippen LogP contribution in [-0.2, 0) is 6.54 Å². The van der Waals surface area contributed by atoms with Gasteiger partial charge in [0, 0.05) is 6.54 Å². The molecule has 0 fully saturated rings. The quantitative estimate of drug-likeness (QED) is 0.555. The molecule has 0 aromatic heterocycles. The second-order valence-electron chi connectivity index (χ2n) is 6.32. The van der Waals surface area contributed by atoms with Crippen molar-refractivity contribution in [2.45, 2.75) is 13.0 Å². The number of phenolic OH excluding ortho intramolecular Hbond substituents is 1. The molecule has 0 saturated carbocycles. The normalized spacial score (nSPS) is 10.4. The minimum Gasteiger partial charge on any atom is -0.504 e. The molecule has 3 aromatic rings. The summed E-state index contributed by atoms with van der Waals surface area (Å²) in [5.74, 6) is 0.671. The van der Waals surface area contributed by atoms with Gasteiger partial charge >= 0.3 is 0 Å². The summed E-state index contributed by atoms with van der Waals surface area (Å²) in [5.41, 5.74) is 4.73. The van der Waals surface area contributed by atoms with E-state index >= 15 is 0 Å². The highest BCUT2D eigenvalue weighted by molar-refractivity contribution is 5.79. The van der Waals surface area contributed by atoms with Gasteiger partial charge in [-0.15, -0.1) is 0 Å². The lowest BCUT2D eigenvalue weighted by Gasteiger charge is -2.10. The Morgan fingerprint density at radius 3 is 2.11 bits per heavy atom. The fourth-order valence-electron chi connectivity index (χ4n) is 3.03. The van der Waals surface area contributed by atoms with Crippen molar-refractivity contribution in [3.8, 4) is 11.5 Å². The molecule has 0 spiro atoms. The molecule has 2 N–H and O–H groups in total. The van der Waals surface area contributed by atoms with Crippen LogP contribution in [0.2, 0.25) is 0 Å². The summed E-state index contributed by atoms with van der Waals surface area (Å²) in [7, 11) is 1.55. The molecule has 27 heavy (non-hydrogen) atoms. The Bertz CT molecular complexity index is 832. The van der Waals surface area contributed by atoms with E-state index in [0.717, 1.165) is 18.5 Å². The Hall–Kier alpha value is -3.04. The van der Waals surface area contributed by atoms with Crippen molar-refractivity contribution in [3.05, 3.63) is 102 Å². The lowest BCUT2D eigenvalue weighted by Crippen LogP contribution is -2.14. The predicted molar refractivity (Wildman–Crippen MR) is 111 cm³/mol. The van der Waals surface area contributed by atoms with Crippen molar-refractivity contribution in [1.29, 1.82) is 0 Å². The van der Waals surface area contributed by atoms with E-state index in [1.165, 1.54) is 16.7 Å². The van der Waals surface area contributed by atoms with E-state index in [4.69, 9.17) is 4.74 Å². The maximum absolute atomic E-state index is 9.86. The van der Waals surface area contributed by atoms with E-state index in [1.807, 2.05) is 18.2 Å². The molecule has 0 atom stereocenters. The molecular formula is C24H25NO2. The Morgan fingerprint density at radius 1 is 0.926 bits per heavy atom. The highest BCUT2D eigenvalue weighted by Gasteiger charge is 2.04. The van der Waals surface area contributed by atoms with Crippen LogP contribution in [0, 0.1) is 0 Å². The molecule has 0 aliphatic carbocycles. The van der Waals surface area contributed by atoms with Crippen LogP contribution in [0.5, 0.6) is 11.5 Å². The van der Waals surface area contributed by atoms with Crippen LogP contribution in [0.25, 0.3) is 5.57 Å². The molecule has 138 valence electrons. The third-order valence-corrected chi connectivity index (χ3v) is 4.41. The van der Waals surface area contributed by atoms with Crippen LogP contribution in [-0.4, -0.2) is 18.8 Å². The van der Waals surface area contributed by atoms with Crippen molar-refractivity contribution in [3.63, 3.8) is 0 Å². The zero-order valence-corrected chi connectivity index (χ0v) is 15.6. The lowest BCUT2D eigenvalue weighted by molar-refractivity contribution is 0.373. The minimum absolute atomic E-state index is 0.173. The van der Waals surface area contributed by atoms with Gasteiger partial charge in [0.15, 0.2) is 11.5 Å². The maximum Gasteiger partial charge on any atom is 0.160 e. The molecule has 0 saturated heterocycles. The highest BCUT2D eigenvalue weighted by Crippen LogP contribution is 2.26. The number of rotatable bonds is 8. The van der Waals surface area contributed by atoms with Crippen LogP contribution in [0.4, 0.5) is 0 Å². The van der Waals surface area contributed by atoms with Crippen LogP contribution < -0.4 is 10.1 Å². The highest BCUT2D eigenvalue weighted by atomic mass is 16.5. The molecule has 0 radical (unpaired) electrons. The predicted octanol–water partition coefficient (Wildman–Crippen LogP) is 5.01. The van der Waals surface area contributed by atoms with Gasteiger partial charge in [0.2, 0.25) is 0 Å². The molecular weight excluding hydrogens is 334 g/mol. The first-order valence-electron chi connectivity index (χ1n) is 9.15. The minimum atomic E-state index is 0.173. The smallest absolute Gasteiger partial charge is 0.160 e. The number of aromatic hydroxyl groups is 1. The summed E-state index contributed by atoms with van der Waals surface area (Å²) in [4.78, 5) is 0. The summed E-state index contributed by atoms with van der Waals surface area (Å²) in [5, 5.41) is 13.3. The lowest BCUT2D eigenvalue weighted by atomic mass is 9.97. The summed E-state index contributed by atoms with van der Waals surface area (Å²) < 4.78 is 5.08. The fraction of sp³-hybridized carbons (Fsp3) is 0.167. The molecule has 0 amide bonds. The van der Waals surface area contributed by atoms with E-state index in [1.54, 1.807) is 19.2 Å². The van der Waals surface area contributed by atoms with E-state index in [0.29, 0.717) is 12.3 Å². The second-order valence-corrected chi connectivity index (χ2v) is 6.32. The number of methoxy groups -OCH3 is 1. The Kier molecular flexibility index (Phi) is 6.66. The monoisotopic (exact) mass is 359 g/mol. The van der Waals surface area contributed by atoms with E-state index in [-0.39, 0.29) is 5.75 Å². The molecule has 0 aliphatic heterocycles. The number of hydrogen-bond acceptors (Lipinski definition) is 3. The zero-order chi connectivity index (χ0) is 18.9. The van der Waals surface area contributed by atoms with Gasteiger partial charge < -0.3 is 15.2 Å². The van der Waals surface area contributed by atoms with E-state index in [9.17, 15) is 5.11 Å². The molecule has 3 aromatic carbocycles. The largest absolute Gasteiger partial charge is 0.504 e. The fourth-order valence-corrected chi connectivity index (χ4v) is 3.03. The van der Waals surface area contributed by atoms with Gasteiger partial charge in [-0.25, -0.2) is 0 Å². The van der Waals surface area contributed by atoms with Gasteiger partial charge in [0.1, 0.15) is 0 Å². The molecule has 3 nitrogen and oxygen atoms in total. The molecule has 0 aliphatic rings. The van der Waals surface area contributed by atoms with Crippen molar-refractivity contribution < 1.29 is 9.84 Å². The number of ether oxygens (including phenoxy) is 1. The van der Waals surface area contributed by atoms with Crippen LogP contribution in [0.3, 0.4) is 0 Å². The molecule has 0 heterocycles. The number of benzene rings is 3. The number of phenols is 1. The van der Waals surface area contributed by atoms with Crippen LogP contribution in [0.15, 0.2) is 84.9 Å². The average molecular weight is 359 g/mol. The first kappa shape index (κ1) is 18.7. The first-order chi connectivity index (χ1) is 13.3. The summed E-state index contributed by atoms with van der Waals surface area (Å²) in [6, 6.07) is 26.4. The van der Waals surface area contributed by atoms with Gasteiger partial charge in [-0.2, -0.15) is 0 Å². The maximum atomic E-state index is 9.86. The summed E-state index contributed by atoms with van der Waals surface area (Å²) >= 11 is 0. The number of nitrogens with one attached hydrogen (secondary N) is 1. The second kappa shape index (κ2) is 9.60. The summed E-state index contributed by atoms with van der Waals surface area (Å²) in [6.45, 7) is 1.56. The average Bonchev–Trinajstić information content (AvgIpc) is 2.72. The van der Waals surface area contributed by atoms with Crippen molar-refractivity contribution >= 4 is 5.57 Å². The summed E-state index contributed by atoms with van der Waals surface area (Å²) in [6.07, 6.45) is 3.20. The van der Waals surface area contributed by atoms with Crippen LogP contribution >= 0.6 is 0 Å². The van der Waals surface area contributed by atoms with Crippen LogP contribution in [0.1, 0.15) is 23.1 Å². The molecule has 0 bridgehead atoms. The molecule has 0 unspecified atom stereocenters. The topological polar surface area (TPSA) is 41.5 Å².